The molecule has 3 aromatic rings. The topological polar surface area (TPSA) is 91.7 Å². The molecule has 1 aliphatic rings. The molecule has 1 unspecified atom stereocenters. The quantitative estimate of drug-likeness (QED) is 0.654. The van der Waals surface area contributed by atoms with Crippen LogP contribution in [0.1, 0.15) is 11.3 Å². The first kappa shape index (κ1) is 19.5. The van der Waals surface area contributed by atoms with Crippen LogP contribution < -0.4 is 14.8 Å². The molecule has 0 spiro atoms. The van der Waals surface area contributed by atoms with Gasteiger partial charge in [0.2, 0.25) is 6.10 Å². The number of aryl methyl sites for hydroxylation is 2. The second kappa shape index (κ2) is 8.28. The summed E-state index contributed by atoms with van der Waals surface area (Å²) in [6.07, 6.45) is -0.923. The number of aromatic nitrogens is 2. The molecule has 1 atom stereocenters. The van der Waals surface area contributed by atoms with Crippen LogP contribution in [0.15, 0.2) is 54.6 Å². The van der Waals surface area contributed by atoms with Crippen LogP contribution in [-0.2, 0) is 14.3 Å². The van der Waals surface area contributed by atoms with Gasteiger partial charge >= 0.3 is 5.97 Å². The molecule has 1 N–H and O–H groups in total. The van der Waals surface area contributed by atoms with Crippen LogP contribution in [0.2, 0.25) is 0 Å². The molecule has 0 aliphatic carbocycles. The number of nitrogens with one attached hydrogen (secondary N) is 1. The van der Waals surface area contributed by atoms with Crippen molar-refractivity contribution in [2.75, 3.05) is 18.5 Å². The third-order valence-electron chi connectivity index (χ3n) is 4.49. The average Bonchev–Trinajstić information content (AvgIpc) is 3.12. The molecule has 0 fully saturated rings. The van der Waals surface area contributed by atoms with Crippen molar-refractivity contribution in [2.24, 2.45) is 0 Å². The van der Waals surface area contributed by atoms with Gasteiger partial charge in [0.15, 0.2) is 18.1 Å². The zero-order valence-corrected chi connectivity index (χ0v) is 16.6. The molecule has 1 aromatic heterocycles. The van der Waals surface area contributed by atoms with Crippen molar-refractivity contribution < 1.29 is 23.8 Å². The molecule has 30 heavy (non-hydrogen) atoms. The third-order valence-corrected chi connectivity index (χ3v) is 4.49. The van der Waals surface area contributed by atoms with E-state index in [4.69, 9.17) is 14.2 Å². The van der Waals surface area contributed by atoms with Crippen molar-refractivity contribution in [3.63, 3.8) is 0 Å². The second-order valence-corrected chi connectivity index (χ2v) is 6.94. The van der Waals surface area contributed by atoms with Crippen molar-refractivity contribution in [1.82, 2.24) is 9.78 Å². The van der Waals surface area contributed by atoms with E-state index in [2.05, 4.69) is 10.4 Å². The molecule has 0 saturated carbocycles. The molecular weight excluding hydrogens is 386 g/mol. The number of benzene rings is 2. The first-order valence-electron chi connectivity index (χ1n) is 9.48. The van der Waals surface area contributed by atoms with Crippen LogP contribution in [0.25, 0.3) is 5.69 Å². The van der Waals surface area contributed by atoms with E-state index in [-0.39, 0.29) is 6.61 Å². The minimum atomic E-state index is -0.923. The van der Waals surface area contributed by atoms with E-state index in [0.717, 1.165) is 16.9 Å². The highest BCUT2D eigenvalue weighted by Gasteiger charge is 2.29. The fraction of sp³-hybridized carbons (Fsp3) is 0.227. The molecule has 1 amide bonds. The number of nitrogens with zero attached hydrogens (tertiary/aromatic N) is 2. The Kier molecular flexibility index (Phi) is 5.38. The molecule has 4 rings (SSSR count). The van der Waals surface area contributed by atoms with Crippen molar-refractivity contribution in [3.8, 4) is 17.2 Å². The van der Waals surface area contributed by atoms with E-state index in [1.807, 2.05) is 44.2 Å². The molecule has 0 radical (unpaired) electrons. The minimum Gasteiger partial charge on any atom is -0.485 e. The van der Waals surface area contributed by atoms with Crippen molar-refractivity contribution in [2.45, 2.75) is 20.0 Å². The predicted molar refractivity (Wildman–Crippen MR) is 109 cm³/mol. The molecule has 8 nitrogen and oxygen atoms in total. The maximum absolute atomic E-state index is 12.3. The summed E-state index contributed by atoms with van der Waals surface area (Å²) in [6.45, 7) is 3.41. The Hall–Kier alpha value is -3.81. The van der Waals surface area contributed by atoms with Crippen LogP contribution in [0, 0.1) is 13.8 Å². The fourth-order valence-corrected chi connectivity index (χ4v) is 3.02. The summed E-state index contributed by atoms with van der Waals surface area (Å²) in [4.78, 5) is 24.6. The maximum Gasteiger partial charge on any atom is 0.351 e. The molecule has 0 bridgehead atoms. The molecule has 1 aliphatic heterocycles. The van der Waals surface area contributed by atoms with Gasteiger partial charge in [0.05, 0.1) is 11.4 Å². The summed E-state index contributed by atoms with van der Waals surface area (Å²) in [5.74, 6) is 0.381. The summed E-state index contributed by atoms with van der Waals surface area (Å²) >= 11 is 0. The Bertz CT molecular complexity index is 1070. The van der Waals surface area contributed by atoms with Crippen LogP contribution in [-0.4, -0.2) is 41.0 Å². The van der Waals surface area contributed by atoms with Gasteiger partial charge in [-0.15, -0.1) is 0 Å². The van der Waals surface area contributed by atoms with E-state index in [1.54, 1.807) is 28.9 Å². The predicted octanol–water partition coefficient (Wildman–Crippen LogP) is 2.81. The van der Waals surface area contributed by atoms with Crippen molar-refractivity contribution in [3.05, 3.63) is 65.9 Å². The van der Waals surface area contributed by atoms with E-state index < -0.39 is 24.6 Å². The maximum atomic E-state index is 12.3. The second-order valence-electron chi connectivity index (χ2n) is 6.94. The van der Waals surface area contributed by atoms with E-state index in [0.29, 0.717) is 17.3 Å². The monoisotopic (exact) mass is 407 g/mol. The summed E-state index contributed by atoms with van der Waals surface area (Å²) in [5.41, 5.74) is 2.68. The van der Waals surface area contributed by atoms with Gasteiger partial charge in [0, 0.05) is 6.07 Å². The molecule has 0 saturated heterocycles. The SMILES string of the molecule is Cc1ccc(-n2nc(C)cc2NC(=O)COC(=O)C2COc3ccccc3O2)cc1. The van der Waals surface area contributed by atoms with Crippen molar-refractivity contribution >= 4 is 17.7 Å². The van der Waals surface area contributed by atoms with Gasteiger partial charge in [-0.2, -0.15) is 5.10 Å². The van der Waals surface area contributed by atoms with Gasteiger partial charge in [-0.05, 0) is 38.1 Å². The first-order valence-corrected chi connectivity index (χ1v) is 9.48. The Balaban J connectivity index is 1.36. The van der Waals surface area contributed by atoms with Gasteiger partial charge in [0.1, 0.15) is 12.4 Å². The Morgan fingerprint density at radius 3 is 2.63 bits per heavy atom. The molecule has 154 valence electrons. The van der Waals surface area contributed by atoms with Crippen LogP contribution in [0.5, 0.6) is 11.5 Å². The summed E-state index contributed by atoms with van der Waals surface area (Å²) in [6, 6.07) is 16.5. The summed E-state index contributed by atoms with van der Waals surface area (Å²) in [7, 11) is 0. The third kappa shape index (κ3) is 4.27. The number of para-hydroxylation sites is 2. The van der Waals surface area contributed by atoms with E-state index in [9.17, 15) is 9.59 Å². The number of rotatable bonds is 5. The molecular formula is C22H21N3O5. The van der Waals surface area contributed by atoms with Gasteiger partial charge < -0.3 is 19.5 Å². The van der Waals surface area contributed by atoms with Gasteiger partial charge in [-0.3, -0.25) is 4.79 Å². The van der Waals surface area contributed by atoms with Gasteiger partial charge in [-0.25, -0.2) is 9.48 Å². The highest BCUT2D eigenvalue weighted by atomic mass is 16.6. The van der Waals surface area contributed by atoms with Crippen LogP contribution >= 0.6 is 0 Å². The lowest BCUT2D eigenvalue weighted by Crippen LogP contribution is -2.39. The lowest BCUT2D eigenvalue weighted by atomic mass is 10.2. The number of hydrogen-bond donors (Lipinski definition) is 1. The molecule has 8 heteroatoms. The highest BCUT2D eigenvalue weighted by molar-refractivity contribution is 5.92. The first-order chi connectivity index (χ1) is 14.5. The Labute approximate surface area is 173 Å². The number of amides is 1. The lowest BCUT2D eigenvalue weighted by Gasteiger charge is -2.24. The van der Waals surface area contributed by atoms with E-state index in [1.165, 1.54) is 0 Å². The van der Waals surface area contributed by atoms with Gasteiger partial charge in [0.25, 0.3) is 5.91 Å². The fourth-order valence-electron chi connectivity index (χ4n) is 3.02. The number of carbonyl (C=O) groups excluding carboxylic acids is 2. The number of esters is 1. The normalized spacial score (nSPS) is 14.8. The van der Waals surface area contributed by atoms with Crippen LogP contribution in [0.3, 0.4) is 0 Å². The number of hydrogen-bond acceptors (Lipinski definition) is 6. The lowest BCUT2D eigenvalue weighted by molar-refractivity contribution is -0.156. The summed E-state index contributed by atoms with van der Waals surface area (Å²) < 4.78 is 17.8. The number of carbonyl (C=O) groups is 2. The zero-order chi connectivity index (χ0) is 21.1. The molecule has 2 heterocycles. The largest absolute Gasteiger partial charge is 0.485 e. The van der Waals surface area contributed by atoms with Gasteiger partial charge in [-0.1, -0.05) is 29.8 Å². The number of fused-ring (bicyclic) bond motifs is 1. The smallest absolute Gasteiger partial charge is 0.351 e. The zero-order valence-electron chi connectivity index (χ0n) is 16.6. The minimum absolute atomic E-state index is 0.0247. The van der Waals surface area contributed by atoms with Crippen LogP contribution in [0.4, 0.5) is 5.82 Å². The van der Waals surface area contributed by atoms with E-state index >= 15 is 0 Å². The molecule has 2 aromatic carbocycles. The van der Waals surface area contributed by atoms with Crippen molar-refractivity contribution in [1.29, 1.82) is 0 Å². The standard InChI is InChI=1S/C22H21N3O5/c1-14-7-9-16(10-8-14)25-20(11-15(2)24-25)23-21(26)13-29-22(27)19-12-28-17-5-3-4-6-18(17)30-19/h3-11,19H,12-13H2,1-2H3,(H,23,26). The number of ether oxygens (including phenoxy) is 3. The average molecular weight is 407 g/mol. The number of anilines is 1. The summed E-state index contributed by atoms with van der Waals surface area (Å²) in [5, 5.41) is 7.14. The Morgan fingerprint density at radius 2 is 1.87 bits per heavy atom. The Morgan fingerprint density at radius 1 is 1.13 bits per heavy atom. The highest BCUT2D eigenvalue weighted by Crippen LogP contribution is 2.31.